The summed E-state index contributed by atoms with van der Waals surface area (Å²) in [6.07, 6.45) is 7.25. The Morgan fingerprint density at radius 2 is 1.92 bits per heavy atom. The molecule has 77 valence electrons. The molecule has 0 rings (SSSR count). The third kappa shape index (κ3) is 6.62. The lowest BCUT2D eigenvalue weighted by Crippen LogP contribution is -2.12. The van der Waals surface area contributed by atoms with Gasteiger partial charge in [-0.15, -0.1) is 0 Å². The monoisotopic (exact) mass is 185 g/mol. The Morgan fingerprint density at radius 1 is 1.31 bits per heavy atom. The van der Waals surface area contributed by atoms with Crippen LogP contribution in [0.25, 0.3) is 0 Å². The lowest BCUT2D eigenvalue weighted by Gasteiger charge is -2.08. The Morgan fingerprint density at radius 3 is 2.38 bits per heavy atom. The minimum atomic E-state index is -0.689. The number of carbonyl (C=O) groups is 1. The van der Waals surface area contributed by atoms with Crippen molar-refractivity contribution in [1.29, 1.82) is 0 Å². The van der Waals surface area contributed by atoms with E-state index in [4.69, 9.17) is 5.11 Å². The van der Waals surface area contributed by atoms with Crippen molar-refractivity contribution in [1.82, 2.24) is 0 Å². The molecule has 0 saturated carbocycles. The summed E-state index contributed by atoms with van der Waals surface area (Å²) in [6, 6.07) is 0. The Bertz CT molecular complexity index is 132. The van der Waals surface area contributed by atoms with E-state index < -0.39 is 5.97 Å². The summed E-state index contributed by atoms with van der Waals surface area (Å²) in [6.45, 7) is 5.82. The Labute approximate surface area is 81.3 Å². The molecule has 1 atom stereocenters. The highest BCUT2D eigenvalue weighted by Gasteiger charge is 2.13. The van der Waals surface area contributed by atoms with Gasteiger partial charge in [-0.05, 0) is 12.8 Å². The summed E-state index contributed by atoms with van der Waals surface area (Å²) in [4.78, 5) is 10.6. The fourth-order valence-corrected chi connectivity index (χ4v) is 1.39. The van der Waals surface area contributed by atoms with Gasteiger partial charge in [0.05, 0.1) is 5.92 Å². The first-order valence-corrected chi connectivity index (χ1v) is 5.24. The van der Waals surface area contributed by atoms with Crippen LogP contribution in [-0.4, -0.2) is 11.1 Å². The highest BCUT2D eigenvalue weighted by molar-refractivity contribution is 5.69. The van der Waals surface area contributed by atoms with Gasteiger partial charge in [-0.25, -0.2) is 0 Å². The average Bonchev–Trinajstić information content (AvgIpc) is 2.10. The van der Waals surface area contributed by atoms with Gasteiger partial charge in [-0.1, -0.05) is 46.0 Å². The van der Waals surface area contributed by atoms with E-state index in [1.165, 1.54) is 19.3 Å². The van der Waals surface area contributed by atoms with Crippen LogP contribution in [0, 0.1) is 12.8 Å². The second-order valence-corrected chi connectivity index (χ2v) is 3.53. The summed E-state index contributed by atoms with van der Waals surface area (Å²) in [5, 5.41) is 8.74. The molecule has 13 heavy (non-hydrogen) atoms. The smallest absolute Gasteiger partial charge is 0.306 e. The number of unbranched alkanes of at least 4 members (excludes halogenated alkanes) is 4. The molecule has 0 aliphatic heterocycles. The lowest BCUT2D eigenvalue weighted by atomic mass is 9.98. The van der Waals surface area contributed by atoms with Crippen molar-refractivity contribution in [3.05, 3.63) is 6.92 Å². The first-order chi connectivity index (χ1) is 6.22. The van der Waals surface area contributed by atoms with Gasteiger partial charge in [-0.3, -0.25) is 4.79 Å². The van der Waals surface area contributed by atoms with Crippen molar-refractivity contribution >= 4 is 5.97 Å². The largest absolute Gasteiger partial charge is 0.481 e. The van der Waals surface area contributed by atoms with Crippen molar-refractivity contribution in [2.24, 2.45) is 5.92 Å². The fourth-order valence-electron chi connectivity index (χ4n) is 1.39. The molecule has 0 fully saturated rings. The highest BCUT2D eigenvalue weighted by Crippen LogP contribution is 2.14. The number of aliphatic carboxylic acids is 1. The summed E-state index contributed by atoms with van der Waals surface area (Å²) >= 11 is 0. The van der Waals surface area contributed by atoms with Crippen LogP contribution in [0.4, 0.5) is 0 Å². The standard InChI is InChI=1S/C11H21O2/c1-3-5-6-7-8-9-10(4-2)11(12)13/h10H,2-9H2,1H3,(H,12,13). The zero-order chi connectivity index (χ0) is 10.1. The molecule has 0 aromatic carbocycles. The number of rotatable bonds is 8. The van der Waals surface area contributed by atoms with Gasteiger partial charge < -0.3 is 5.11 Å². The van der Waals surface area contributed by atoms with E-state index in [1.807, 2.05) is 0 Å². The molecule has 0 aromatic heterocycles. The zero-order valence-electron chi connectivity index (χ0n) is 8.59. The Balaban J connectivity index is 3.33. The predicted molar refractivity (Wildman–Crippen MR) is 54.5 cm³/mol. The SMILES string of the molecule is [CH2]CC(CCCCCCC)C(=O)O. The molecular weight excluding hydrogens is 164 g/mol. The summed E-state index contributed by atoms with van der Waals surface area (Å²) in [7, 11) is 0. The molecule has 1 unspecified atom stereocenters. The van der Waals surface area contributed by atoms with Gasteiger partial charge in [0.25, 0.3) is 0 Å². The van der Waals surface area contributed by atoms with E-state index >= 15 is 0 Å². The molecular formula is C11H21O2. The van der Waals surface area contributed by atoms with Gasteiger partial charge in [0.1, 0.15) is 0 Å². The number of carboxylic acid groups (broad SMARTS) is 1. The molecule has 0 aliphatic carbocycles. The second-order valence-electron chi connectivity index (χ2n) is 3.53. The van der Waals surface area contributed by atoms with E-state index in [9.17, 15) is 4.79 Å². The van der Waals surface area contributed by atoms with Crippen molar-refractivity contribution in [2.45, 2.75) is 51.9 Å². The lowest BCUT2D eigenvalue weighted by molar-refractivity contribution is -0.141. The summed E-state index contributed by atoms with van der Waals surface area (Å²) in [5.74, 6) is -0.910. The topological polar surface area (TPSA) is 37.3 Å². The van der Waals surface area contributed by atoms with Gasteiger partial charge in [-0.2, -0.15) is 0 Å². The van der Waals surface area contributed by atoms with Crippen LogP contribution in [0.3, 0.4) is 0 Å². The first kappa shape index (κ1) is 12.5. The molecule has 0 aromatic rings. The van der Waals surface area contributed by atoms with Crippen LogP contribution in [0.2, 0.25) is 0 Å². The first-order valence-electron chi connectivity index (χ1n) is 5.24. The minimum Gasteiger partial charge on any atom is -0.481 e. The average molecular weight is 185 g/mol. The molecule has 1 radical (unpaired) electrons. The predicted octanol–water partition coefficient (Wildman–Crippen LogP) is 3.27. The minimum absolute atomic E-state index is 0.221. The van der Waals surface area contributed by atoms with Crippen molar-refractivity contribution in [3.8, 4) is 0 Å². The van der Waals surface area contributed by atoms with Crippen molar-refractivity contribution < 1.29 is 9.90 Å². The third-order valence-electron chi connectivity index (χ3n) is 2.35. The number of hydrogen-bond acceptors (Lipinski definition) is 1. The number of carboxylic acids is 1. The molecule has 0 bridgehead atoms. The maximum Gasteiger partial charge on any atom is 0.306 e. The molecule has 1 N–H and O–H groups in total. The van der Waals surface area contributed by atoms with Gasteiger partial charge >= 0.3 is 5.97 Å². The molecule has 2 nitrogen and oxygen atoms in total. The fraction of sp³-hybridized carbons (Fsp3) is 0.818. The summed E-state index contributed by atoms with van der Waals surface area (Å²) in [5.41, 5.74) is 0. The van der Waals surface area contributed by atoms with E-state index in [-0.39, 0.29) is 5.92 Å². The molecule has 0 saturated heterocycles. The molecule has 0 spiro atoms. The van der Waals surface area contributed by atoms with Crippen LogP contribution < -0.4 is 0 Å². The Kier molecular flexibility index (Phi) is 7.76. The molecule has 0 amide bonds. The van der Waals surface area contributed by atoms with Crippen LogP contribution in [0.5, 0.6) is 0 Å². The van der Waals surface area contributed by atoms with E-state index in [0.717, 1.165) is 19.3 Å². The maximum absolute atomic E-state index is 10.6. The van der Waals surface area contributed by atoms with Crippen LogP contribution >= 0.6 is 0 Å². The Hall–Kier alpha value is -0.530. The van der Waals surface area contributed by atoms with Crippen LogP contribution in [-0.2, 0) is 4.79 Å². The van der Waals surface area contributed by atoms with Crippen LogP contribution in [0.1, 0.15) is 51.9 Å². The molecule has 0 heterocycles. The van der Waals surface area contributed by atoms with Gasteiger partial charge in [0, 0.05) is 0 Å². The normalized spacial score (nSPS) is 12.8. The summed E-state index contributed by atoms with van der Waals surface area (Å²) < 4.78 is 0. The van der Waals surface area contributed by atoms with Crippen molar-refractivity contribution in [2.75, 3.05) is 0 Å². The molecule has 0 aliphatic rings. The van der Waals surface area contributed by atoms with Gasteiger partial charge in [0.15, 0.2) is 0 Å². The van der Waals surface area contributed by atoms with Gasteiger partial charge in [0.2, 0.25) is 0 Å². The number of hydrogen-bond donors (Lipinski definition) is 1. The van der Waals surface area contributed by atoms with E-state index in [0.29, 0.717) is 6.42 Å². The van der Waals surface area contributed by atoms with E-state index in [2.05, 4.69) is 13.8 Å². The van der Waals surface area contributed by atoms with E-state index in [1.54, 1.807) is 0 Å². The van der Waals surface area contributed by atoms with Crippen LogP contribution in [0.15, 0.2) is 0 Å². The second kappa shape index (κ2) is 8.09. The van der Waals surface area contributed by atoms with Crippen molar-refractivity contribution in [3.63, 3.8) is 0 Å². The highest BCUT2D eigenvalue weighted by atomic mass is 16.4. The molecule has 2 heteroatoms. The quantitative estimate of drug-likeness (QED) is 0.589. The maximum atomic E-state index is 10.6. The zero-order valence-corrected chi connectivity index (χ0v) is 8.59. The third-order valence-corrected chi connectivity index (χ3v) is 2.35.